The average Bonchev–Trinajstić information content (AvgIpc) is 3.17. The van der Waals surface area contributed by atoms with Crippen LogP contribution in [0.4, 0.5) is 0 Å². The van der Waals surface area contributed by atoms with Crippen LogP contribution in [0.5, 0.6) is 0 Å². The first kappa shape index (κ1) is 52.5. The van der Waals surface area contributed by atoms with Gasteiger partial charge in [0.25, 0.3) is 0 Å². The van der Waals surface area contributed by atoms with Gasteiger partial charge in [-0.05, 0) is 103 Å². The van der Waals surface area contributed by atoms with Crippen molar-refractivity contribution in [1.82, 2.24) is 0 Å². The molecule has 0 aliphatic rings. The molecule has 0 aliphatic heterocycles. The van der Waals surface area contributed by atoms with Gasteiger partial charge < -0.3 is 19.3 Å². The summed E-state index contributed by atoms with van der Waals surface area (Å²) in [4.78, 5) is 42.9. The van der Waals surface area contributed by atoms with Gasteiger partial charge in [0.05, 0.1) is 6.61 Å². The van der Waals surface area contributed by atoms with E-state index >= 15 is 0 Å². The van der Waals surface area contributed by atoms with Crippen LogP contribution in [0.25, 0.3) is 0 Å². The van der Waals surface area contributed by atoms with Gasteiger partial charge in [-0.3, -0.25) is 14.1 Å². The van der Waals surface area contributed by atoms with E-state index in [1.807, 2.05) is 0 Å². The predicted octanol–water partition coefficient (Wildman–Crippen LogP) is 13.0. The molecule has 0 bridgehead atoms. The second-order valence-corrected chi connectivity index (χ2v) is 14.4. The molecule has 0 heterocycles. The lowest BCUT2D eigenvalue weighted by molar-refractivity contribution is -0.161. The number of hydrogen-bond donors (Lipinski definition) is 2. The molecule has 0 aliphatic carbocycles. The highest BCUT2D eigenvalue weighted by atomic mass is 31.2. The van der Waals surface area contributed by atoms with Gasteiger partial charge >= 0.3 is 19.8 Å². The van der Waals surface area contributed by atoms with Gasteiger partial charge in [-0.2, -0.15) is 0 Å². The molecule has 1 atom stereocenters. The maximum absolute atomic E-state index is 12.4. The maximum atomic E-state index is 12.4. The summed E-state index contributed by atoms with van der Waals surface area (Å²) in [5.74, 6) is -0.975. The van der Waals surface area contributed by atoms with Crippen LogP contribution in [0, 0.1) is 0 Å². The predicted molar refractivity (Wildman–Crippen MR) is 234 cm³/mol. The normalized spacial score (nSPS) is 13.7. The summed E-state index contributed by atoms with van der Waals surface area (Å²) in [6.07, 6.45) is 59.1. The van der Waals surface area contributed by atoms with Gasteiger partial charge in [-0.1, -0.05) is 148 Å². The van der Waals surface area contributed by atoms with Crippen molar-refractivity contribution in [2.45, 2.75) is 148 Å². The number of carbonyl (C=O) groups excluding carboxylic acids is 2. The maximum Gasteiger partial charge on any atom is 0.469 e. The zero-order valence-electron chi connectivity index (χ0n) is 34.5. The summed E-state index contributed by atoms with van der Waals surface area (Å²) >= 11 is 0. The first-order valence-corrected chi connectivity index (χ1v) is 22.4. The van der Waals surface area contributed by atoms with Crippen molar-refractivity contribution >= 4 is 19.8 Å². The van der Waals surface area contributed by atoms with Crippen molar-refractivity contribution < 1.29 is 37.9 Å². The Kier molecular flexibility index (Phi) is 38.5. The molecule has 2 N–H and O–H groups in total. The Morgan fingerprint density at radius 2 is 0.804 bits per heavy atom. The fourth-order valence-corrected chi connectivity index (χ4v) is 5.31. The van der Waals surface area contributed by atoms with Crippen molar-refractivity contribution in [3.8, 4) is 0 Å². The number of esters is 2. The number of phosphoric ester groups is 1. The molecule has 0 fully saturated rings. The molecule has 0 aromatic rings. The molecule has 314 valence electrons. The Balaban J connectivity index is 4.10. The molecule has 0 saturated heterocycles. The van der Waals surface area contributed by atoms with Crippen LogP contribution in [0.2, 0.25) is 0 Å². The van der Waals surface area contributed by atoms with E-state index in [0.29, 0.717) is 12.8 Å². The molecule has 0 aromatic heterocycles. The van der Waals surface area contributed by atoms with Crippen LogP contribution < -0.4 is 0 Å². The second kappa shape index (κ2) is 41.1. The standard InChI is InChI=1S/C47H73O8P/c1-3-5-7-9-11-13-15-17-19-21-23-25-27-29-31-33-35-37-39-41-46(48)53-43-45(44-54-56(50,51)52)55-47(49)42-40-38-36-34-32-30-28-26-24-22-20-18-16-14-12-10-8-6-4-2/h5-8,11-14,17-20,23-26,29-32,45H,3-4,9-10,15-16,21-22,27-28,33-44H2,1-2H3,(H2,50,51,52)/b7-5-,8-6-,13-11-,14-12-,19-17-,20-18-,25-23-,26-24-,31-29-,32-30-. The van der Waals surface area contributed by atoms with Gasteiger partial charge in [0.2, 0.25) is 0 Å². The largest absolute Gasteiger partial charge is 0.469 e. The lowest BCUT2D eigenvalue weighted by Crippen LogP contribution is -2.29. The number of ether oxygens (including phenoxy) is 2. The number of hydrogen-bond acceptors (Lipinski definition) is 6. The Morgan fingerprint density at radius 1 is 0.464 bits per heavy atom. The topological polar surface area (TPSA) is 119 Å². The van der Waals surface area contributed by atoms with Gasteiger partial charge in [0.1, 0.15) is 6.61 Å². The van der Waals surface area contributed by atoms with Crippen LogP contribution in [-0.2, 0) is 28.2 Å². The van der Waals surface area contributed by atoms with E-state index < -0.39 is 32.5 Å². The smallest absolute Gasteiger partial charge is 0.462 e. The summed E-state index contributed by atoms with van der Waals surface area (Å²) in [5.41, 5.74) is 0. The van der Waals surface area contributed by atoms with Crippen molar-refractivity contribution in [1.29, 1.82) is 0 Å². The summed E-state index contributed by atoms with van der Waals surface area (Å²) in [5, 5.41) is 0. The Labute approximate surface area is 339 Å². The quantitative estimate of drug-likeness (QED) is 0.0278. The van der Waals surface area contributed by atoms with Crippen LogP contribution in [0.15, 0.2) is 122 Å². The van der Waals surface area contributed by atoms with Gasteiger partial charge in [0.15, 0.2) is 6.10 Å². The molecule has 56 heavy (non-hydrogen) atoms. The number of carbonyl (C=O) groups is 2. The highest BCUT2D eigenvalue weighted by molar-refractivity contribution is 7.46. The van der Waals surface area contributed by atoms with Crippen molar-refractivity contribution in [2.24, 2.45) is 0 Å². The van der Waals surface area contributed by atoms with E-state index in [4.69, 9.17) is 19.3 Å². The Morgan fingerprint density at radius 3 is 1.16 bits per heavy atom. The summed E-state index contributed by atoms with van der Waals surface area (Å²) in [6, 6.07) is 0. The third kappa shape index (κ3) is 43.2. The molecule has 0 saturated carbocycles. The van der Waals surface area contributed by atoms with E-state index in [-0.39, 0.29) is 19.4 Å². The highest BCUT2D eigenvalue weighted by Crippen LogP contribution is 2.36. The molecule has 0 aromatic carbocycles. The SMILES string of the molecule is CC/C=C\C/C=C\C/C=C\C/C=C\C/C=C\CCCCCC(=O)OCC(COP(=O)(O)O)OC(=O)CCCCC/C=C\C/C=C\C/C=C\C/C=C\C/C=C\CC. The van der Waals surface area contributed by atoms with Gasteiger partial charge in [-0.15, -0.1) is 0 Å². The summed E-state index contributed by atoms with van der Waals surface area (Å²) in [7, 11) is -4.78. The molecular weight excluding hydrogens is 723 g/mol. The number of rotatable bonds is 36. The zero-order valence-corrected chi connectivity index (χ0v) is 35.4. The fourth-order valence-electron chi connectivity index (χ4n) is 4.95. The second-order valence-electron chi connectivity index (χ2n) is 13.2. The lowest BCUT2D eigenvalue weighted by Gasteiger charge is -2.18. The zero-order chi connectivity index (χ0) is 41.1. The monoisotopic (exact) mass is 797 g/mol. The third-order valence-corrected chi connectivity index (χ3v) is 8.46. The van der Waals surface area contributed by atoms with Crippen molar-refractivity contribution in [3.05, 3.63) is 122 Å². The average molecular weight is 797 g/mol. The molecule has 0 rings (SSSR count). The molecule has 8 nitrogen and oxygen atoms in total. The van der Waals surface area contributed by atoms with E-state index in [2.05, 4.69) is 140 Å². The molecule has 0 radical (unpaired) electrons. The van der Waals surface area contributed by atoms with E-state index in [1.54, 1.807) is 0 Å². The minimum Gasteiger partial charge on any atom is -0.462 e. The molecule has 0 amide bonds. The summed E-state index contributed by atoms with van der Waals surface area (Å²) < 4.78 is 26.3. The molecule has 9 heteroatoms. The van der Waals surface area contributed by atoms with Crippen molar-refractivity contribution in [2.75, 3.05) is 13.2 Å². The Hall–Kier alpha value is -3.55. The minimum atomic E-state index is -4.78. The number of allylic oxidation sites excluding steroid dienone is 20. The minimum absolute atomic E-state index is 0.157. The molecular formula is C47H73O8P. The number of unbranched alkanes of at least 4 members (excludes halogenated alkanes) is 6. The fraction of sp³-hybridized carbons (Fsp3) is 0.532. The van der Waals surface area contributed by atoms with E-state index in [9.17, 15) is 14.2 Å². The van der Waals surface area contributed by atoms with Crippen LogP contribution in [0.1, 0.15) is 142 Å². The van der Waals surface area contributed by atoms with Gasteiger partial charge in [0, 0.05) is 12.8 Å². The van der Waals surface area contributed by atoms with E-state index in [1.165, 1.54) is 0 Å². The third-order valence-electron chi connectivity index (χ3n) is 7.98. The summed E-state index contributed by atoms with van der Waals surface area (Å²) in [6.45, 7) is 3.38. The number of phosphoric acid groups is 1. The molecule has 0 spiro atoms. The Bertz CT molecular complexity index is 1310. The molecule has 1 unspecified atom stereocenters. The lowest BCUT2D eigenvalue weighted by atomic mass is 10.1. The first-order valence-electron chi connectivity index (χ1n) is 20.8. The van der Waals surface area contributed by atoms with Crippen molar-refractivity contribution in [3.63, 3.8) is 0 Å². The van der Waals surface area contributed by atoms with E-state index in [0.717, 1.165) is 103 Å². The first-order chi connectivity index (χ1) is 27.3. The van der Waals surface area contributed by atoms with Crippen LogP contribution in [-0.4, -0.2) is 41.0 Å². The van der Waals surface area contributed by atoms with Crippen LogP contribution >= 0.6 is 7.82 Å². The highest BCUT2D eigenvalue weighted by Gasteiger charge is 2.22. The van der Waals surface area contributed by atoms with Crippen LogP contribution in [0.3, 0.4) is 0 Å². The van der Waals surface area contributed by atoms with Gasteiger partial charge in [-0.25, -0.2) is 4.57 Å².